The second kappa shape index (κ2) is 8.87. The molecule has 1 N–H and O–H groups in total. The smallest absolute Gasteiger partial charge is 0.282 e. The molecule has 0 radical (unpaired) electrons. The number of carbonyl (C=O) groups excluding carboxylic acids is 2. The van der Waals surface area contributed by atoms with Gasteiger partial charge in [-0.05, 0) is 43.0 Å². The minimum Gasteiger partial charge on any atom is -0.492 e. The quantitative estimate of drug-likeness (QED) is 0.371. The van der Waals surface area contributed by atoms with Crippen LogP contribution in [0.15, 0.2) is 96.7 Å². The van der Waals surface area contributed by atoms with Crippen molar-refractivity contribution in [3.63, 3.8) is 0 Å². The highest BCUT2D eigenvalue weighted by atomic mass is 16.5. The Balaban J connectivity index is 1.66. The Morgan fingerprint density at radius 1 is 0.794 bits per heavy atom. The molecule has 34 heavy (non-hydrogen) atoms. The minimum absolute atomic E-state index is 0.247. The van der Waals surface area contributed by atoms with Gasteiger partial charge >= 0.3 is 0 Å². The van der Waals surface area contributed by atoms with Crippen LogP contribution in [0.25, 0.3) is 16.3 Å². The number of para-hydroxylation sites is 2. The maximum Gasteiger partial charge on any atom is 0.282 e. The lowest BCUT2D eigenvalue weighted by molar-refractivity contribution is -0.120. The Bertz CT molecular complexity index is 1430. The van der Waals surface area contributed by atoms with Crippen LogP contribution < -0.4 is 15.0 Å². The van der Waals surface area contributed by atoms with E-state index in [1.54, 1.807) is 18.2 Å². The van der Waals surface area contributed by atoms with Gasteiger partial charge in [0, 0.05) is 11.1 Å². The maximum absolute atomic E-state index is 13.8. The molecule has 4 aromatic rings. The lowest BCUT2D eigenvalue weighted by Crippen LogP contribution is -2.32. The van der Waals surface area contributed by atoms with Gasteiger partial charge in [0.05, 0.1) is 17.9 Å². The number of rotatable bonds is 6. The fourth-order valence-electron chi connectivity index (χ4n) is 4.24. The monoisotopic (exact) mass is 448 g/mol. The highest BCUT2D eigenvalue weighted by Gasteiger charge is 2.41. The van der Waals surface area contributed by atoms with Crippen LogP contribution in [0, 0.1) is 6.92 Å². The number of nitrogens with zero attached hydrogens (tertiary/aromatic N) is 1. The Hall–Kier alpha value is -4.38. The lowest BCUT2D eigenvalue weighted by atomic mass is 10.0. The largest absolute Gasteiger partial charge is 0.492 e. The fraction of sp³-hybridized carbons (Fsp3) is 0.103. The molecule has 4 aromatic carbocycles. The molecular weight excluding hydrogens is 424 g/mol. The summed E-state index contributed by atoms with van der Waals surface area (Å²) in [5.41, 5.74) is 3.53. The topological polar surface area (TPSA) is 58.6 Å². The second-order valence-corrected chi connectivity index (χ2v) is 8.11. The molecule has 1 aliphatic heterocycles. The van der Waals surface area contributed by atoms with Crippen LogP contribution in [0.1, 0.15) is 18.1 Å². The average Bonchev–Trinajstić information content (AvgIpc) is 3.09. The number of nitrogens with one attached hydrogen (secondary N) is 1. The Morgan fingerprint density at radius 2 is 1.50 bits per heavy atom. The van der Waals surface area contributed by atoms with E-state index in [9.17, 15) is 9.59 Å². The second-order valence-electron chi connectivity index (χ2n) is 8.11. The number of imide groups is 1. The molecule has 5 heteroatoms. The molecule has 0 unspecified atom stereocenters. The summed E-state index contributed by atoms with van der Waals surface area (Å²) in [7, 11) is 0. The highest BCUT2D eigenvalue weighted by molar-refractivity contribution is 6.46. The zero-order valence-corrected chi connectivity index (χ0v) is 19.0. The summed E-state index contributed by atoms with van der Waals surface area (Å²) in [4.78, 5) is 28.8. The Kier molecular flexibility index (Phi) is 5.60. The van der Waals surface area contributed by atoms with Crippen LogP contribution in [0.5, 0.6) is 5.75 Å². The molecule has 0 aliphatic carbocycles. The van der Waals surface area contributed by atoms with Crippen LogP contribution in [0.2, 0.25) is 0 Å². The first-order chi connectivity index (χ1) is 16.6. The summed E-state index contributed by atoms with van der Waals surface area (Å²) in [6.45, 7) is 4.28. The molecular formula is C29H24N2O3. The molecule has 168 valence electrons. The molecule has 0 saturated carbocycles. The van der Waals surface area contributed by atoms with Gasteiger partial charge in [-0.2, -0.15) is 0 Å². The van der Waals surface area contributed by atoms with Crippen LogP contribution in [-0.4, -0.2) is 18.4 Å². The molecule has 1 aliphatic rings. The van der Waals surface area contributed by atoms with E-state index in [0.29, 0.717) is 29.2 Å². The molecule has 0 bridgehead atoms. The van der Waals surface area contributed by atoms with Gasteiger partial charge in [-0.1, -0.05) is 78.4 Å². The minimum atomic E-state index is -0.416. The van der Waals surface area contributed by atoms with Gasteiger partial charge in [-0.25, -0.2) is 4.90 Å². The number of carbonyl (C=O) groups is 2. The van der Waals surface area contributed by atoms with Crippen molar-refractivity contribution in [3.05, 3.63) is 108 Å². The molecule has 0 aromatic heterocycles. The van der Waals surface area contributed by atoms with E-state index in [-0.39, 0.29) is 11.6 Å². The standard InChI is InChI=1S/C29H24N2O3/c1-3-34-25-14-7-6-13-24(25)31-28(32)26(21-17-15-19(2)16-18-21)27(29(31)33)30-23-12-8-10-20-9-4-5-11-22(20)23/h4-18,30H,3H2,1-2H3. The lowest BCUT2D eigenvalue weighted by Gasteiger charge is -2.19. The molecule has 0 spiro atoms. The van der Waals surface area contributed by atoms with E-state index in [2.05, 4.69) is 5.32 Å². The average molecular weight is 449 g/mol. The third-order valence-electron chi connectivity index (χ3n) is 5.88. The maximum atomic E-state index is 13.8. The number of benzene rings is 4. The van der Waals surface area contributed by atoms with Crippen molar-refractivity contribution in [2.24, 2.45) is 0 Å². The summed E-state index contributed by atoms with van der Waals surface area (Å²) in [6, 6.07) is 28.5. The van der Waals surface area contributed by atoms with Gasteiger partial charge in [0.1, 0.15) is 11.4 Å². The van der Waals surface area contributed by atoms with Crippen molar-refractivity contribution in [2.75, 3.05) is 16.8 Å². The van der Waals surface area contributed by atoms with E-state index >= 15 is 0 Å². The molecule has 0 fully saturated rings. The number of hydrogen-bond acceptors (Lipinski definition) is 4. The van der Waals surface area contributed by atoms with E-state index in [0.717, 1.165) is 22.0 Å². The highest BCUT2D eigenvalue weighted by Crippen LogP contribution is 2.38. The molecule has 0 atom stereocenters. The van der Waals surface area contributed by atoms with Crippen LogP contribution in [-0.2, 0) is 9.59 Å². The Morgan fingerprint density at radius 3 is 2.29 bits per heavy atom. The first kappa shape index (κ1) is 21.5. The van der Waals surface area contributed by atoms with Gasteiger partial charge in [0.25, 0.3) is 11.8 Å². The first-order valence-electron chi connectivity index (χ1n) is 11.2. The zero-order chi connectivity index (χ0) is 23.7. The number of aryl methyl sites for hydroxylation is 1. The van der Waals surface area contributed by atoms with E-state index in [1.165, 1.54) is 4.90 Å². The zero-order valence-electron chi connectivity index (χ0n) is 19.0. The van der Waals surface area contributed by atoms with Crippen molar-refractivity contribution in [2.45, 2.75) is 13.8 Å². The van der Waals surface area contributed by atoms with Crippen molar-refractivity contribution in [3.8, 4) is 5.75 Å². The SMILES string of the molecule is CCOc1ccccc1N1C(=O)C(Nc2cccc3ccccc23)=C(c2ccc(C)cc2)C1=O. The van der Waals surface area contributed by atoms with Crippen LogP contribution in [0.3, 0.4) is 0 Å². The number of amides is 2. The van der Waals surface area contributed by atoms with E-state index in [4.69, 9.17) is 4.74 Å². The van der Waals surface area contributed by atoms with Crippen molar-refractivity contribution < 1.29 is 14.3 Å². The van der Waals surface area contributed by atoms with E-state index < -0.39 is 5.91 Å². The number of fused-ring (bicyclic) bond motifs is 1. The molecule has 5 rings (SSSR count). The van der Waals surface area contributed by atoms with Gasteiger partial charge in [0.15, 0.2) is 0 Å². The van der Waals surface area contributed by atoms with Gasteiger partial charge in [0.2, 0.25) is 0 Å². The third-order valence-corrected chi connectivity index (χ3v) is 5.88. The predicted octanol–water partition coefficient (Wildman–Crippen LogP) is 5.94. The van der Waals surface area contributed by atoms with Gasteiger partial charge in [-0.3, -0.25) is 9.59 Å². The first-order valence-corrected chi connectivity index (χ1v) is 11.2. The van der Waals surface area contributed by atoms with Crippen molar-refractivity contribution >= 4 is 39.5 Å². The summed E-state index contributed by atoms with van der Waals surface area (Å²) >= 11 is 0. The van der Waals surface area contributed by atoms with Crippen LogP contribution >= 0.6 is 0 Å². The molecule has 2 amide bonds. The van der Waals surface area contributed by atoms with Crippen molar-refractivity contribution in [1.82, 2.24) is 0 Å². The molecule has 5 nitrogen and oxygen atoms in total. The van der Waals surface area contributed by atoms with E-state index in [1.807, 2.05) is 86.6 Å². The number of hydrogen-bond donors (Lipinski definition) is 1. The fourth-order valence-corrected chi connectivity index (χ4v) is 4.24. The summed E-state index contributed by atoms with van der Waals surface area (Å²) in [5.74, 6) is -0.314. The third kappa shape index (κ3) is 3.71. The number of ether oxygens (including phenoxy) is 1. The molecule has 1 heterocycles. The normalized spacial score (nSPS) is 13.6. The number of anilines is 2. The van der Waals surface area contributed by atoms with Gasteiger partial charge < -0.3 is 10.1 Å². The summed E-state index contributed by atoms with van der Waals surface area (Å²) < 4.78 is 5.73. The van der Waals surface area contributed by atoms with Crippen molar-refractivity contribution in [1.29, 1.82) is 0 Å². The molecule has 0 saturated heterocycles. The predicted molar refractivity (Wildman–Crippen MR) is 136 cm³/mol. The Labute approximate surface area is 198 Å². The van der Waals surface area contributed by atoms with Gasteiger partial charge in [-0.15, -0.1) is 0 Å². The summed E-state index contributed by atoms with van der Waals surface area (Å²) in [6.07, 6.45) is 0. The summed E-state index contributed by atoms with van der Waals surface area (Å²) in [5, 5.41) is 5.31. The van der Waals surface area contributed by atoms with Crippen LogP contribution in [0.4, 0.5) is 11.4 Å².